The van der Waals surface area contributed by atoms with Gasteiger partial charge in [0.05, 0.1) is 38.5 Å². The molecule has 2 atom stereocenters. The van der Waals surface area contributed by atoms with E-state index in [4.69, 9.17) is 19.9 Å². The van der Waals surface area contributed by atoms with Crippen LogP contribution in [0.25, 0.3) is 0 Å². The van der Waals surface area contributed by atoms with Crippen LogP contribution < -0.4 is 15.2 Å². The van der Waals surface area contributed by atoms with Gasteiger partial charge in [0.25, 0.3) is 5.91 Å². The molecule has 2 N–H and O–H groups in total. The molecule has 0 radical (unpaired) electrons. The van der Waals surface area contributed by atoms with E-state index >= 15 is 0 Å². The number of ether oxygens (including phenoxy) is 3. The minimum Gasteiger partial charge on any atom is -0.497 e. The lowest BCUT2D eigenvalue weighted by Gasteiger charge is -2.37. The molecule has 21 heavy (non-hydrogen) atoms. The molecule has 2 unspecified atom stereocenters. The van der Waals surface area contributed by atoms with E-state index in [-0.39, 0.29) is 18.1 Å². The van der Waals surface area contributed by atoms with Crippen LogP contribution in [0.1, 0.15) is 17.3 Å². The molecule has 1 aliphatic rings. The second kappa shape index (κ2) is 6.78. The normalized spacial score (nSPS) is 22.0. The third-order valence-corrected chi connectivity index (χ3v) is 3.67. The number of benzene rings is 1. The van der Waals surface area contributed by atoms with Crippen LogP contribution in [0.2, 0.25) is 0 Å². The molecule has 1 aliphatic heterocycles. The molecule has 0 spiro atoms. The maximum atomic E-state index is 12.8. The van der Waals surface area contributed by atoms with E-state index in [9.17, 15) is 4.79 Å². The number of hydrogen-bond acceptors (Lipinski definition) is 5. The molecule has 6 nitrogen and oxygen atoms in total. The SMILES string of the molecule is COc1ccc(OC)c(C(=O)N2CC(CN)OCC2C)c1. The van der Waals surface area contributed by atoms with Gasteiger partial charge in [-0.05, 0) is 25.1 Å². The molecule has 0 bridgehead atoms. The van der Waals surface area contributed by atoms with E-state index in [0.29, 0.717) is 36.8 Å². The van der Waals surface area contributed by atoms with Crippen molar-refractivity contribution in [1.82, 2.24) is 4.90 Å². The lowest BCUT2D eigenvalue weighted by atomic mass is 10.1. The van der Waals surface area contributed by atoms with Gasteiger partial charge in [0.15, 0.2) is 0 Å². The molecule has 1 fully saturated rings. The molecular formula is C15H22N2O4. The van der Waals surface area contributed by atoms with Gasteiger partial charge in [-0.15, -0.1) is 0 Å². The van der Waals surface area contributed by atoms with Crippen LogP contribution in [0.5, 0.6) is 11.5 Å². The highest BCUT2D eigenvalue weighted by Gasteiger charge is 2.31. The number of rotatable bonds is 4. The Balaban J connectivity index is 2.29. The molecule has 0 aliphatic carbocycles. The fourth-order valence-electron chi connectivity index (χ4n) is 2.38. The van der Waals surface area contributed by atoms with Gasteiger partial charge in [-0.2, -0.15) is 0 Å². The Kier molecular flexibility index (Phi) is 5.03. The van der Waals surface area contributed by atoms with Crippen LogP contribution in [-0.2, 0) is 4.74 Å². The van der Waals surface area contributed by atoms with Crippen LogP contribution >= 0.6 is 0 Å². The van der Waals surface area contributed by atoms with Gasteiger partial charge >= 0.3 is 0 Å². The lowest BCUT2D eigenvalue weighted by Crippen LogP contribution is -2.52. The van der Waals surface area contributed by atoms with Crippen LogP contribution in [0.3, 0.4) is 0 Å². The summed E-state index contributed by atoms with van der Waals surface area (Å²) in [5.41, 5.74) is 6.13. The minimum absolute atomic E-state index is 0.00351. The molecule has 1 heterocycles. The number of nitrogens with zero attached hydrogens (tertiary/aromatic N) is 1. The van der Waals surface area contributed by atoms with Gasteiger partial charge in [-0.3, -0.25) is 4.79 Å². The first-order valence-corrected chi connectivity index (χ1v) is 6.95. The summed E-state index contributed by atoms with van der Waals surface area (Å²) in [7, 11) is 3.11. The molecular weight excluding hydrogens is 272 g/mol. The van der Waals surface area contributed by atoms with E-state index in [1.54, 1.807) is 37.3 Å². The molecule has 116 valence electrons. The van der Waals surface area contributed by atoms with Crippen molar-refractivity contribution in [3.8, 4) is 11.5 Å². The highest BCUT2D eigenvalue weighted by Crippen LogP contribution is 2.27. The summed E-state index contributed by atoms with van der Waals surface area (Å²) >= 11 is 0. The number of carbonyl (C=O) groups is 1. The first-order chi connectivity index (χ1) is 10.1. The van der Waals surface area contributed by atoms with Crippen molar-refractivity contribution in [2.24, 2.45) is 5.73 Å². The fourth-order valence-corrected chi connectivity index (χ4v) is 2.38. The quantitative estimate of drug-likeness (QED) is 0.893. The molecule has 0 aromatic heterocycles. The molecule has 0 saturated carbocycles. The molecule has 2 rings (SSSR count). The first kappa shape index (κ1) is 15.6. The number of amides is 1. The molecule has 1 amide bonds. The Hall–Kier alpha value is -1.79. The van der Waals surface area contributed by atoms with Gasteiger partial charge in [-0.25, -0.2) is 0 Å². The van der Waals surface area contributed by atoms with Gasteiger partial charge in [0.2, 0.25) is 0 Å². The summed E-state index contributed by atoms with van der Waals surface area (Å²) in [4.78, 5) is 14.6. The predicted octanol–water partition coefficient (Wildman–Crippen LogP) is 0.892. The van der Waals surface area contributed by atoms with Crippen LogP contribution in [0.15, 0.2) is 18.2 Å². The predicted molar refractivity (Wildman–Crippen MR) is 78.8 cm³/mol. The molecule has 1 aromatic rings. The van der Waals surface area contributed by atoms with E-state index in [2.05, 4.69) is 0 Å². The van der Waals surface area contributed by atoms with E-state index in [1.165, 1.54) is 0 Å². The number of nitrogens with two attached hydrogens (primary N) is 1. The number of morpholine rings is 1. The summed E-state index contributed by atoms with van der Waals surface area (Å²) in [6, 6.07) is 5.19. The van der Waals surface area contributed by atoms with Crippen molar-refractivity contribution in [2.75, 3.05) is 33.9 Å². The first-order valence-electron chi connectivity index (χ1n) is 6.95. The molecule has 6 heteroatoms. The van der Waals surface area contributed by atoms with Crippen LogP contribution in [0, 0.1) is 0 Å². The monoisotopic (exact) mass is 294 g/mol. The average molecular weight is 294 g/mol. The van der Waals surface area contributed by atoms with Crippen molar-refractivity contribution in [3.63, 3.8) is 0 Å². The van der Waals surface area contributed by atoms with Crippen molar-refractivity contribution in [2.45, 2.75) is 19.1 Å². The number of methoxy groups -OCH3 is 2. The summed E-state index contributed by atoms with van der Waals surface area (Å²) in [5.74, 6) is 1.05. The second-order valence-corrected chi connectivity index (χ2v) is 5.06. The largest absolute Gasteiger partial charge is 0.497 e. The fraction of sp³-hybridized carbons (Fsp3) is 0.533. The Bertz CT molecular complexity index is 506. The number of hydrogen-bond donors (Lipinski definition) is 1. The van der Waals surface area contributed by atoms with Gasteiger partial charge < -0.3 is 24.8 Å². The smallest absolute Gasteiger partial charge is 0.258 e. The van der Waals surface area contributed by atoms with Gasteiger partial charge in [0.1, 0.15) is 11.5 Å². The Morgan fingerprint density at radius 2 is 2.19 bits per heavy atom. The zero-order valence-electron chi connectivity index (χ0n) is 12.7. The van der Waals surface area contributed by atoms with Gasteiger partial charge in [-0.1, -0.05) is 0 Å². The highest BCUT2D eigenvalue weighted by molar-refractivity contribution is 5.97. The second-order valence-electron chi connectivity index (χ2n) is 5.06. The number of carbonyl (C=O) groups excluding carboxylic acids is 1. The van der Waals surface area contributed by atoms with Crippen molar-refractivity contribution >= 4 is 5.91 Å². The molecule has 1 saturated heterocycles. The van der Waals surface area contributed by atoms with Crippen molar-refractivity contribution < 1.29 is 19.0 Å². The third-order valence-electron chi connectivity index (χ3n) is 3.67. The Morgan fingerprint density at radius 3 is 2.81 bits per heavy atom. The summed E-state index contributed by atoms with van der Waals surface area (Å²) in [5, 5.41) is 0. The van der Waals surface area contributed by atoms with Crippen molar-refractivity contribution in [1.29, 1.82) is 0 Å². The van der Waals surface area contributed by atoms with Gasteiger partial charge in [0, 0.05) is 13.1 Å². The maximum Gasteiger partial charge on any atom is 0.258 e. The maximum absolute atomic E-state index is 12.8. The van der Waals surface area contributed by atoms with E-state index < -0.39 is 0 Å². The highest BCUT2D eigenvalue weighted by atomic mass is 16.5. The zero-order chi connectivity index (χ0) is 15.4. The zero-order valence-corrected chi connectivity index (χ0v) is 12.7. The summed E-state index contributed by atoms with van der Waals surface area (Å²) in [6.07, 6.45) is -0.123. The standard InChI is InChI=1S/C15H22N2O4/c1-10-9-21-12(7-16)8-17(10)15(18)13-6-11(19-2)4-5-14(13)20-3/h4-6,10,12H,7-9,16H2,1-3H3. The van der Waals surface area contributed by atoms with Crippen LogP contribution in [0.4, 0.5) is 0 Å². The summed E-state index contributed by atoms with van der Waals surface area (Å²) < 4.78 is 16.1. The Labute approximate surface area is 124 Å². The van der Waals surface area contributed by atoms with E-state index in [0.717, 1.165) is 0 Å². The lowest BCUT2D eigenvalue weighted by molar-refractivity contribution is -0.0426. The topological polar surface area (TPSA) is 74.0 Å². The van der Waals surface area contributed by atoms with E-state index in [1.807, 2.05) is 6.92 Å². The average Bonchev–Trinajstić information content (AvgIpc) is 2.54. The minimum atomic E-state index is -0.123. The Morgan fingerprint density at radius 1 is 1.43 bits per heavy atom. The summed E-state index contributed by atoms with van der Waals surface area (Å²) in [6.45, 7) is 3.32. The molecule has 1 aromatic carbocycles. The third kappa shape index (κ3) is 3.28. The van der Waals surface area contributed by atoms with Crippen molar-refractivity contribution in [3.05, 3.63) is 23.8 Å². The van der Waals surface area contributed by atoms with Crippen LogP contribution in [-0.4, -0.2) is 56.9 Å².